The van der Waals surface area contributed by atoms with Crippen molar-refractivity contribution in [1.82, 2.24) is 0 Å². The standard InChI is InChI=1S/C65H43NO/c1-3-20-50(21-4-1)65(51-22-5-2-6-23-51)59-29-12-9-27-57(59)64-56(28-16-30-60(64)65)54-25-10-13-31-61(54)66(52-38-35-45(36-39-52)48-34-33-44-17-7-8-18-46(44)41-48)53-24-15-19-47(42-53)49-37-40-63-58(43-49)55-26-11-14-32-62(55)67-63/h1-43H. The Bertz CT molecular complexity index is 3770. The molecule has 2 nitrogen and oxygen atoms in total. The quantitative estimate of drug-likeness (QED) is 0.151. The van der Waals surface area contributed by atoms with Crippen molar-refractivity contribution in [2.45, 2.75) is 5.41 Å². The van der Waals surface area contributed by atoms with Crippen LogP contribution in [-0.2, 0) is 5.41 Å². The molecular weight excluding hydrogens is 811 g/mol. The van der Waals surface area contributed by atoms with Crippen molar-refractivity contribution in [3.05, 3.63) is 283 Å². The van der Waals surface area contributed by atoms with E-state index in [2.05, 4.69) is 254 Å². The fraction of sp³-hybridized carbons (Fsp3) is 0.0154. The van der Waals surface area contributed by atoms with Gasteiger partial charge in [-0.15, -0.1) is 0 Å². The van der Waals surface area contributed by atoms with Crippen LogP contribution in [0.5, 0.6) is 0 Å². The summed E-state index contributed by atoms with van der Waals surface area (Å²) in [6, 6.07) is 95.2. The number of hydrogen-bond donors (Lipinski definition) is 0. The Hall–Kier alpha value is -8.72. The van der Waals surface area contributed by atoms with Crippen LogP contribution in [0.2, 0.25) is 0 Å². The zero-order valence-electron chi connectivity index (χ0n) is 36.7. The molecule has 0 bridgehead atoms. The SMILES string of the molecule is c1ccc(C2(c3ccccc3)c3ccccc3-c3c(-c4ccccc4N(c4ccc(-c5ccc6ccccc6c5)cc4)c4cccc(-c5ccc6oc7ccccc7c6c5)c4)cccc32)cc1. The van der Waals surface area contributed by atoms with Gasteiger partial charge in [-0.05, 0) is 127 Å². The first kappa shape index (κ1) is 38.7. The van der Waals surface area contributed by atoms with Crippen LogP contribution in [0.4, 0.5) is 17.1 Å². The van der Waals surface area contributed by atoms with Gasteiger partial charge in [-0.25, -0.2) is 0 Å². The fourth-order valence-corrected chi connectivity index (χ4v) is 10.9. The predicted molar refractivity (Wildman–Crippen MR) is 280 cm³/mol. The molecule has 0 fully saturated rings. The summed E-state index contributed by atoms with van der Waals surface area (Å²) in [5.74, 6) is 0. The molecule has 1 heterocycles. The Labute approximate surface area is 390 Å². The number of nitrogens with zero attached hydrogens (tertiary/aromatic N) is 1. The summed E-state index contributed by atoms with van der Waals surface area (Å²) in [6.07, 6.45) is 0. The number of benzene rings is 11. The van der Waals surface area contributed by atoms with Gasteiger partial charge in [0.25, 0.3) is 0 Å². The third kappa shape index (κ3) is 6.26. The van der Waals surface area contributed by atoms with E-state index in [0.717, 1.165) is 55.7 Å². The molecule has 0 amide bonds. The van der Waals surface area contributed by atoms with E-state index in [1.165, 1.54) is 60.8 Å². The van der Waals surface area contributed by atoms with Crippen LogP contribution in [0.25, 0.3) is 77.2 Å². The third-order valence-corrected chi connectivity index (χ3v) is 13.9. The summed E-state index contributed by atoms with van der Waals surface area (Å²) >= 11 is 0. The van der Waals surface area contributed by atoms with Gasteiger partial charge in [-0.2, -0.15) is 0 Å². The highest BCUT2D eigenvalue weighted by Crippen LogP contribution is 2.59. The van der Waals surface area contributed by atoms with Crippen LogP contribution in [-0.4, -0.2) is 0 Å². The Morgan fingerprint density at radius 2 is 0.896 bits per heavy atom. The highest BCUT2D eigenvalue weighted by molar-refractivity contribution is 6.06. The van der Waals surface area contributed by atoms with Crippen LogP contribution >= 0.6 is 0 Å². The Morgan fingerprint density at radius 3 is 1.72 bits per heavy atom. The highest BCUT2D eigenvalue weighted by Gasteiger charge is 2.47. The molecular formula is C65H43NO. The van der Waals surface area contributed by atoms with Gasteiger partial charge in [0, 0.05) is 27.7 Å². The average Bonchev–Trinajstić information content (AvgIpc) is 3.93. The smallest absolute Gasteiger partial charge is 0.135 e. The summed E-state index contributed by atoms with van der Waals surface area (Å²) in [7, 11) is 0. The molecule has 1 aromatic heterocycles. The van der Waals surface area contributed by atoms with Crippen LogP contribution in [0.3, 0.4) is 0 Å². The van der Waals surface area contributed by atoms with Crippen molar-refractivity contribution in [3.8, 4) is 44.5 Å². The summed E-state index contributed by atoms with van der Waals surface area (Å²) in [5, 5.41) is 4.72. The average molecular weight is 854 g/mol. The lowest BCUT2D eigenvalue weighted by Crippen LogP contribution is -2.28. The molecule has 1 aliphatic carbocycles. The maximum Gasteiger partial charge on any atom is 0.135 e. The zero-order chi connectivity index (χ0) is 44.3. The van der Waals surface area contributed by atoms with Crippen molar-refractivity contribution < 1.29 is 4.42 Å². The number of rotatable bonds is 8. The molecule has 0 spiro atoms. The van der Waals surface area contributed by atoms with Gasteiger partial charge in [0.2, 0.25) is 0 Å². The topological polar surface area (TPSA) is 16.4 Å². The van der Waals surface area contributed by atoms with E-state index in [1.807, 2.05) is 12.1 Å². The fourth-order valence-electron chi connectivity index (χ4n) is 10.9. The second kappa shape index (κ2) is 15.8. The summed E-state index contributed by atoms with van der Waals surface area (Å²) in [5.41, 5.74) is 19.1. The molecule has 12 aromatic rings. The number of anilines is 3. The first-order chi connectivity index (χ1) is 33.2. The van der Waals surface area contributed by atoms with Gasteiger partial charge in [0.1, 0.15) is 11.2 Å². The van der Waals surface area contributed by atoms with Crippen LogP contribution in [0, 0.1) is 0 Å². The predicted octanol–water partition coefficient (Wildman–Crippen LogP) is 17.6. The van der Waals surface area contributed by atoms with E-state index in [1.54, 1.807) is 0 Å². The number of fused-ring (bicyclic) bond motifs is 7. The summed E-state index contributed by atoms with van der Waals surface area (Å²) in [6.45, 7) is 0. The van der Waals surface area contributed by atoms with Gasteiger partial charge < -0.3 is 9.32 Å². The van der Waals surface area contributed by atoms with Gasteiger partial charge >= 0.3 is 0 Å². The molecule has 1 aliphatic rings. The zero-order valence-corrected chi connectivity index (χ0v) is 36.7. The van der Waals surface area contributed by atoms with E-state index in [9.17, 15) is 0 Å². The van der Waals surface area contributed by atoms with Crippen molar-refractivity contribution in [3.63, 3.8) is 0 Å². The molecule has 0 unspecified atom stereocenters. The number of hydrogen-bond acceptors (Lipinski definition) is 2. The lowest BCUT2D eigenvalue weighted by Gasteiger charge is -2.34. The minimum absolute atomic E-state index is 0.507. The molecule has 13 rings (SSSR count). The second-order valence-corrected chi connectivity index (χ2v) is 17.6. The molecule has 0 atom stereocenters. The third-order valence-electron chi connectivity index (χ3n) is 13.9. The molecule has 0 N–H and O–H groups in total. The molecule has 0 saturated carbocycles. The lowest BCUT2D eigenvalue weighted by atomic mass is 9.67. The van der Waals surface area contributed by atoms with Crippen LogP contribution in [0.1, 0.15) is 22.3 Å². The van der Waals surface area contributed by atoms with Crippen molar-refractivity contribution in [1.29, 1.82) is 0 Å². The first-order valence-electron chi connectivity index (χ1n) is 23.1. The maximum absolute atomic E-state index is 6.25. The largest absolute Gasteiger partial charge is 0.456 e. The van der Waals surface area contributed by atoms with Crippen molar-refractivity contribution in [2.75, 3.05) is 4.90 Å². The maximum atomic E-state index is 6.25. The highest BCUT2D eigenvalue weighted by atomic mass is 16.3. The first-order valence-corrected chi connectivity index (χ1v) is 23.1. The molecule has 0 saturated heterocycles. The molecule has 67 heavy (non-hydrogen) atoms. The Morgan fingerprint density at radius 1 is 0.313 bits per heavy atom. The molecule has 0 radical (unpaired) electrons. The van der Waals surface area contributed by atoms with Crippen LogP contribution < -0.4 is 4.90 Å². The molecule has 314 valence electrons. The summed E-state index contributed by atoms with van der Waals surface area (Å²) in [4.78, 5) is 2.44. The molecule has 0 aliphatic heterocycles. The number of furan rings is 1. The van der Waals surface area contributed by atoms with Crippen LogP contribution in [0.15, 0.2) is 265 Å². The van der Waals surface area contributed by atoms with Gasteiger partial charge in [-0.3, -0.25) is 0 Å². The Kier molecular flexibility index (Phi) is 9.11. The minimum atomic E-state index is -0.507. The molecule has 2 heteroatoms. The number of para-hydroxylation sites is 2. The van der Waals surface area contributed by atoms with Crippen molar-refractivity contribution >= 4 is 49.8 Å². The van der Waals surface area contributed by atoms with E-state index < -0.39 is 5.41 Å². The molecule has 11 aromatic carbocycles. The van der Waals surface area contributed by atoms with Gasteiger partial charge in [-0.1, -0.05) is 206 Å². The van der Waals surface area contributed by atoms with E-state index in [4.69, 9.17) is 4.42 Å². The van der Waals surface area contributed by atoms with Gasteiger partial charge in [0.15, 0.2) is 0 Å². The second-order valence-electron chi connectivity index (χ2n) is 17.6. The van der Waals surface area contributed by atoms with Crippen molar-refractivity contribution in [2.24, 2.45) is 0 Å². The normalized spacial score (nSPS) is 12.6. The minimum Gasteiger partial charge on any atom is -0.456 e. The van der Waals surface area contributed by atoms with Gasteiger partial charge in [0.05, 0.1) is 11.1 Å². The lowest BCUT2D eigenvalue weighted by molar-refractivity contribution is 0.669. The summed E-state index contributed by atoms with van der Waals surface area (Å²) < 4.78 is 6.25. The van der Waals surface area contributed by atoms with E-state index in [-0.39, 0.29) is 0 Å². The van der Waals surface area contributed by atoms with E-state index in [0.29, 0.717) is 0 Å². The van der Waals surface area contributed by atoms with E-state index >= 15 is 0 Å². The Balaban J connectivity index is 1.01. The monoisotopic (exact) mass is 853 g/mol.